The number of sulfone groups is 1. The van der Waals surface area contributed by atoms with Gasteiger partial charge in [-0.05, 0) is 48.1 Å². The van der Waals surface area contributed by atoms with Crippen LogP contribution in [0.4, 0.5) is 5.69 Å². The maximum absolute atomic E-state index is 13.1. The quantitative estimate of drug-likeness (QED) is 0.788. The third-order valence-electron chi connectivity index (χ3n) is 5.17. The van der Waals surface area contributed by atoms with E-state index in [1.54, 1.807) is 24.3 Å². The topological polar surface area (TPSA) is 101 Å². The number of hydrogen-bond donors (Lipinski definition) is 1. The summed E-state index contributed by atoms with van der Waals surface area (Å²) in [7, 11) is -7.24. The fraction of sp³-hybridized carbons (Fsp3) is 0.389. The minimum atomic E-state index is -3.82. The monoisotopic (exact) mass is 440 g/mol. The Balaban J connectivity index is 1.61. The molecule has 0 bridgehead atoms. The number of fused-ring (bicyclic) bond motifs is 1. The van der Waals surface area contributed by atoms with Gasteiger partial charge in [0.1, 0.15) is 0 Å². The standard InChI is InChI=1S/C18H20N2O5S3/c21-18-6-3-13-12-14(4-5-15(13)19-18)28(24,25)20-8-7-17(16-2-1-10-26-16)27(22,23)11-9-20/h1-2,4-5,10,12,17H,3,6-9,11H2,(H,19,21). The number of amides is 1. The number of anilines is 1. The van der Waals surface area contributed by atoms with E-state index in [4.69, 9.17) is 0 Å². The number of benzene rings is 1. The van der Waals surface area contributed by atoms with Crippen LogP contribution in [0, 0.1) is 0 Å². The summed E-state index contributed by atoms with van der Waals surface area (Å²) in [5.74, 6) is -0.282. The molecule has 0 aliphatic carbocycles. The second-order valence-electron chi connectivity index (χ2n) is 6.93. The first-order valence-corrected chi connectivity index (χ1v) is 13.0. The first-order valence-electron chi connectivity index (χ1n) is 8.95. The van der Waals surface area contributed by atoms with Gasteiger partial charge in [0.05, 0.1) is 15.9 Å². The van der Waals surface area contributed by atoms with Crippen molar-refractivity contribution in [3.63, 3.8) is 0 Å². The van der Waals surface area contributed by atoms with E-state index in [1.165, 1.54) is 21.7 Å². The Morgan fingerprint density at radius 1 is 1.14 bits per heavy atom. The average molecular weight is 441 g/mol. The summed E-state index contributed by atoms with van der Waals surface area (Å²) in [6.45, 7) is 0.0955. The molecule has 28 heavy (non-hydrogen) atoms. The lowest BCUT2D eigenvalue weighted by Crippen LogP contribution is -2.33. The van der Waals surface area contributed by atoms with Gasteiger partial charge in [0.25, 0.3) is 0 Å². The lowest BCUT2D eigenvalue weighted by molar-refractivity contribution is -0.116. The van der Waals surface area contributed by atoms with Crippen molar-refractivity contribution in [1.29, 1.82) is 0 Å². The van der Waals surface area contributed by atoms with Gasteiger partial charge < -0.3 is 5.32 Å². The van der Waals surface area contributed by atoms with Crippen LogP contribution in [0.5, 0.6) is 0 Å². The van der Waals surface area contributed by atoms with E-state index < -0.39 is 25.1 Å². The van der Waals surface area contributed by atoms with Gasteiger partial charge in [-0.25, -0.2) is 16.8 Å². The largest absolute Gasteiger partial charge is 0.326 e. The van der Waals surface area contributed by atoms with Crippen LogP contribution in [0.15, 0.2) is 40.6 Å². The van der Waals surface area contributed by atoms with E-state index in [0.717, 1.165) is 10.4 Å². The van der Waals surface area contributed by atoms with Crippen LogP contribution in [-0.2, 0) is 31.1 Å². The summed E-state index contributed by atoms with van der Waals surface area (Å²) in [6.07, 6.45) is 1.05. The zero-order chi connectivity index (χ0) is 19.9. The van der Waals surface area contributed by atoms with Crippen LogP contribution in [-0.4, -0.2) is 45.9 Å². The molecule has 3 heterocycles. The van der Waals surface area contributed by atoms with Crippen molar-refractivity contribution in [3.8, 4) is 0 Å². The second kappa shape index (κ2) is 7.25. The Kier molecular flexibility index (Phi) is 5.07. The normalized spacial score (nSPS) is 22.9. The maximum atomic E-state index is 13.1. The van der Waals surface area contributed by atoms with Crippen LogP contribution < -0.4 is 5.32 Å². The molecule has 0 radical (unpaired) electrons. The summed E-state index contributed by atoms with van der Waals surface area (Å²) in [4.78, 5) is 12.4. The molecule has 0 spiro atoms. The molecule has 1 atom stereocenters. The molecule has 2 aromatic rings. The highest BCUT2D eigenvalue weighted by Crippen LogP contribution is 2.34. The smallest absolute Gasteiger partial charge is 0.243 e. The number of sulfonamides is 1. The molecule has 10 heteroatoms. The Hall–Kier alpha value is -1.75. The Labute approximate surface area is 168 Å². The van der Waals surface area contributed by atoms with Gasteiger partial charge in [-0.1, -0.05) is 6.07 Å². The Bertz CT molecular complexity index is 1110. The zero-order valence-corrected chi connectivity index (χ0v) is 17.4. The van der Waals surface area contributed by atoms with Gasteiger partial charge in [-0.3, -0.25) is 4.79 Å². The molecule has 2 aliphatic heterocycles. The summed E-state index contributed by atoms with van der Waals surface area (Å²) in [5, 5.41) is 3.90. The third-order valence-corrected chi connectivity index (χ3v) is 10.3. The number of rotatable bonds is 3. The van der Waals surface area contributed by atoms with Crippen LogP contribution >= 0.6 is 11.3 Å². The second-order valence-corrected chi connectivity index (χ2v) is 12.2. The van der Waals surface area contributed by atoms with E-state index in [0.29, 0.717) is 18.5 Å². The summed E-state index contributed by atoms with van der Waals surface area (Å²) in [5.41, 5.74) is 1.41. The van der Waals surface area contributed by atoms with Crippen LogP contribution in [0.2, 0.25) is 0 Å². The first-order chi connectivity index (χ1) is 13.3. The fourth-order valence-electron chi connectivity index (χ4n) is 3.63. The SMILES string of the molecule is O=C1CCc2cc(S(=O)(=O)N3CCC(c4cccs4)S(=O)(=O)CC3)ccc2N1. The van der Waals surface area contributed by atoms with Crippen molar-refractivity contribution in [2.75, 3.05) is 24.2 Å². The molecule has 1 aromatic heterocycles. The molecule has 7 nitrogen and oxygen atoms in total. The number of nitrogens with zero attached hydrogens (tertiary/aromatic N) is 1. The fourth-order valence-corrected chi connectivity index (χ4v) is 8.25. The van der Waals surface area contributed by atoms with Gasteiger partial charge in [0.2, 0.25) is 15.9 Å². The minimum absolute atomic E-state index is 0.0552. The third kappa shape index (κ3) is 3.61. The predicted molar refractivity (Wildman–Crippen MR) is 108 cm³/mol. The molecule has 1 amide bonds. The van der Waals surface area contributed by atoms with Gasteiger partial charge in [0, 0.05) is 30.1 Å². The lowest BCUT2D eigenvalue weighted by atomic mass is 10.0. The molecule has 1 aromatic carbocycles. The van der Waals surface area contributed by atoms with Gasteiger partial charge in [-0.2, -0.15) is 4.31 Å². The number of hydrogen-bond acceptors (Lipinski definition) is 6. The number of thiophene rings is 1. The number of carbonyl (C=O) groups is 1. The lowest BCUT2D eigenvalue weighted by Gasteiger charge is -2.22. The van der Waals surface area contributed by atoms with Crippen molar-refractivity contribution >= 4 is 42.8 Å². The summed E-state index contributed by atoms with van der Waals surface area (Å²) >= 11 is 1.38. The van der Waals surface area contributed by atoms with E-state index in [-0.39, 0.29) is 36.1 Å². The number of nitrogens with one attached hydrogen (secondary N) is 1. The molecule has 1 N–H and O–H groups in total. The van der Waals surface area contributed by atoms with Crippen molar-refractivity contribution in [1.82, 2.24) is 4.31 Å². The molecular formula is C18H20N2O5S3. The van der Waals surface area contributed by atoms with Crippen molar-refractivity contribution in [3.05, 3.63) is 46.2 Å². The molecule has 4 rings (SSSR count). The molecule has 0 saturated carbocycles. The van der Waals surface area contributed by atoms with Gasteiger partial charge in [-0.15, -0.1) is 11.3 Å². The molecule has 150 valence electrons. The minimum Gasteiger partial charge on any atom is -0.326 e. The molecule has 2 aliphatic rings. The van der Waals surface area contributed by atoms with Crippen molar-refractivity contribution in [2.24, 2.45) is 0 Å². The molecule has 1 saturated heterocycles. The Morgan fingerprint density at radius 3 is 2.71 bits per heavy atom. The summed E-state index contributed by atoms with van der Waals surface area (Å²) < 4.78 is 52.9. The average Bonchev–Trinajstić information content (AvgIpc) is 3.12. The first kappa shape index (κ1) is 19.6. The van der Waals surface area contributed by atoms with Crippen LogP contribution in [0.3, 0.4) is 0 Å². The summed E-state index contributed by atoms with van der Waals surface area (Å²) in [6, 6.07) is 8.24. The molecule has 1 unspecified atom stereocenters. The number of carbonyl (C=O) groups excluding carboxylic acids is 1. The molecular weight excluding hydrogens is 420 g/mol. The van der Waals surface area contributed by atoms with Crippen LogP contribution in [0.1, 0.15) is 28.5 Å². The number of aryl methyl sites for hydroxylation is 1. The highest BCUT2D eigenvalue weighted by Gasteiger charge is 2.36. The molecule has 1 fully saturated rings. The van der Waals surface area contributed by atoms with Crippen molar-refractivity contribution in [2.45, 2.75) is 29.4 Å². The van der Waals surface area contributed by atoms with E-state index in [1.807, 2.05) is 5.38 Å². The van der Waals surface area contributed by atoms with Crippen LogP contribution in [0.25, 0.3) is 0 Å². The Morgan fingerprint density at radius 2 is 1.96 bits per heavy atom. The predicted octanol–water partition coefficient (Wildman–Crippen LogP) is 2.18. The van der Waals surface area contributed by atoms with E-state index in [2.05, 4.69) is 5.32 Å². The van der Waals surface area contributed by atoms with Gasteiger partial charge >= 0.3 is 0 Å². The maximum Gasteiger partial charge on any atom is 0.243 e. The van der Waals surface area contributed by atoms with E-state index >= 15 is 0 Å². The zero-order valence-electron chi connectivity index (χ0n) is 15.0. The van der Waals surface area contributed by atoms with Crippen molar-refractivity contribution < 1.29 is 21.6 Å². The highest BCUT2D eigenvalue weighted by atomic mass is 32.2. The highest BCUT2D eigenvalue weighted by molar-refractivity contribution is 7.92. The van der Waals surface area contributed by atoms with E-state index in [9.17, 15) is 21.6 Å². The van der Waals surface area contributed by atoms with Gasteiger partial charge in [0.15, 0.2) is 9.84 Å².